The Balaban J connectivity index is 1.96. The zero-order valence-electron chi connectivity index (χ0n) is 14.7. The molecule has 0 spiro atoms. The van der Waals surface area contributed by atoms with Crippen LogP contribution in [0.25, 0.3) is 11.1 Å². The monoisotopic (exact) mass is 310 g/mol. The molecular weight excluding hydrogens is 280 g/mol. The highest BCUT2D eigenvalue weighted by molar-refractivity contribution is 5.66. The van der Waals surface area contributed by atoms with E-state index in [1.165, 1.54) is 23.1 Å². The first-order valence-electron chi connectivity index (χ1n) is 8.82. The fourth-order valence-corrected chi connectivity index (χ4v) is 2.67. The van der Waals surface area contributed by atoms with Gasteiger partial charge in [-0.2, -0.15) is 0 Å². The molecule has 0 aliphatic rings. The van der Waals surface area contributed by atoms with E-state index in [4.69, 9.17) is 5.73 Å². The molecule has 0 bridgehead atoms. The van der Waals surface area contributed by atoms with Crippen LogP contribution >= 0.6 is 0 Å². The number of hydrogen-bond donors (Lipinski definition) is 2. The normalized spacial score (nSPS) is 13.6. The molecule has 0 amide bonds. The molecule has 2 aromatic carbocycles. The first kappa shape index (κ1) is 17.6. The second kappa shape index (κ2) is 8.73. The van der Waals surface area contributed by atoms with Crippen molar-refractivity contribution in [1.29, 1.82) is 0 Å². The molecule has 3 N–H and O–H groups in total. The molecule has 0 fully saturated rings. The molecule has 0 aliphatic carbocycles. The molecule has 2 heteroatoms. The molecule has 0 aliphatic heterocycles. The maximum Gasteiger partial charge on any atom is 0.0341 e. The first-order chi connectivity index (χ1) is 11.1. The van der Waals surface area contributed by atoms with E-state index in [1.807, 2.05) is 0 Å². The van der Waals surface area contributed by atoms with Crippen LogP contribution in [0, 0.1) is 5.92 Å². The highest BCUT2D eigenvalue weighted by atomic mass is 14.9. The Morgan fingerprint density at radius 1 is 0.913 bits per heavy atom. The van der Waals surface area contributed by atoms with Gasteiger partial charge in [-0.05, 0) is 41.2 Å². The van der Waals surface area contributed by atoms with Gasteiger partial charge in [0.05, 0.1) is 0 Å². The summed E-state index contributed by atoms with van der Waals surface area (Å²) in [7, 11) is 0. The van der Waals surface area contributed by atoms with Crippen molar-refractivity contribution < 1.29 is 0 Å². The molecule has 0 saturated carbocycles. The van der Waals surface area contributed by atoms with E-state index in [0.717, 1.165) is 25.1 Å². The van der Waals surface area contributed by atoms with E-state index >= 15 is 0 Å². The predicted octanol–water partition coefficient (Wildman–Crippen LogP) is 5.09. The Morgan fingerprint density at radius 3 is 2.00 bits per heavy atom. The smallest absolute Gasteiger partial charge is 0.0341 e. The van der Waals surface area contributed by atoms with Crippen molar-refractivity contribution in [2.24, 2.45) is 11.7 Å². The molecular formula is C21H30N2. The van der Waals surface area contributed by atoms with Gasteiger partial charge in [0.25, 0.3) is 0 Å². The zero-order valence-corrected chi connectivity index (χ0v) is 14.7. The molecule has 0 heterocycles. The van der Waals surface area contributed by atoms with Crippen LogP contribution < -0.4 is 11.1 Å². The van der Waals surface area contributed by atoms with E-state index in [9.17, 15) is 0 Å². The van der Waals surface area contributed by atoms with Gasteiger partial charge in [-0.15, -0.1) is 0 Å². The SMILES string of the molecule is CCCc1ccc(-c2ccc(NC[C@@H](N)[C@@H](C)CC)cc2)cc1. The van der Waals surface area contributed by atoms with Crippen LogP contribution in [0.4, 0.5) is 5.69 Å². The molecule has 0 aromatic heterocycles. The third-order valence-corrected chi connectivity index (χ3v) is 4.63. The fraction of sp³-hybridized carbons (Fsp3) is 0.429. The predicted molar refractivity (Wildman–Crippen MR) is 102 cm³/mol. The number of anilines is 1. The van der Waals surface area contributed by atoms with Crippen molar-refractivity contribution >= 4 is 5.69 Å². The molecule has 0 unspecified atom stereocenters. The van der Waals surface area contributed by atoms with Crippen LogP contribution in [0.5, 0.6) is 0 Å². The van der Waals surface area contributed by atoms with E-state index < -0.39 is 0 Å². The average Bonchev–Trinajstić information content (AvgIpc) is 2.60. The van der Waals surface area contributed by atoms with Gasteiger partial charge in [-0.25, -0.2) is 0 Å². The number of rotatable bonds is 8. The van der Waals surface area contributed by atoms with Crippen molar-refractivity contribution in [1.82, 2.24) is 0 Å². The van der Waals surface area contributed by atoms with Gasteiger partial charge in [-0.1, -0.05) is 70.0 Å². The summed E-state index contributed by atoms with van der Waals surface area (Å²) < 4.78 is 0. The van der Waals surface area contributed by atoms with Gasteiger partial charge in [-0.3, -0.25) is 0 Å². The lowest BCUT2D eigenvalue weighted by atomic mass is 10.00. The molecule has 0 saturated heterocycles. The highest BCUT2D eigenvalue weighted by Gasteiger charge is 2.09. The number of benzene rings is 2. The van der Waals surface area contributed by atoms with Crippen LogP contribution in [-0.4, -0.2) is 12.6 Å². The highest BCUT2D eigenvalue weighted by Crippen LogP contribution is 2.22. The molecule has 2 aromatic rings. The summed E-state index contributed by atoms with van der Waals surface area (Å²) in [5, 5.41) is 3.44. The first-order valence-corrected chi connectivity index (χ1v) is 8.82. The number of nitrogens with two attached hydrogens (primary N) is 1. The van der Waals surface area contributed by atoms with Crippen LogP contribution in [-0.2, 0) is 6.42 Å². The Morgan fingerprint density at radius 2 is 1.48 bits per heavy atom. The summed E-state index contributed by atoms with van der Waals surface area (Å²) in [6.45, 7) is 7.43. The molecule has 124 valence electrons. The minimum Gasteiger partial charge on any atom is -0.383 e. The standard InChI is InChI=1S/C21H30N2/c1-4-6-17-7-9-18(10-8-17)19-11-13-20(14-12-19)23-15-21(22)16(3)5-2/h7-14,16,21,23H,4-6,15,22H2,1-3H3/t16-,21+/m0/s1. The van der Waals surface area contributed by atoms with Crippen molar-refractivity contribution in [3.63, 3.8) is 0 Å². The summed E-state index contributed by atoms with van der Waals surface area (Å²) in [5.74, 6) is 0.545. The van der Waals surface area contributed by atoms with Crippen LogP contribution in [0.1, 0.15) is 39.2 Å². The van der Waals surface area contributed by atoms with E-state index in [2.05, 4.69) is 74.6 Å². The minimum absolute atomic E-state index is 0.200. The van der Waals surface area contributed by atoms with Gasteiger partial charge in [0.2, 0.25) is 0 Å². The van der Waals surface area contributed by atoms with Crippen LogP contribution in [0.3, 0.4) is 0 Å². The zero-order chi connectivity index (χ0) is 16.7. The Labute approximate surface area is 141 Å². The summed E-state index contributed by atoms with van der Waals surface area (Å²) in [6.07, 6.45) is 3.47. The Hall–Kier alpha value is -1.80. The maximum absolute atomic E-state index is 6.17. The lowest BCUT2D eigenvalue weighted by molar-refractivity contribution is 0.457. The van der Waals surface area contributed by atoms with Crippen molar-refractivity contribution in [2.75, 3.05) is 11.9 Å². The van der Waals surface area contributed by atoms with Gasteiger partial charge >= 0.3 is 0 Å². The maximum atomic E-state index is 6.17. The number of aryl methyl sites for hydroxylation is 1. The lowest BCUT2D eigenvalue weighted by Gasteiger charge is -2.19. The second-order valence-corrected chi connectivity index (χ2v) is 6.45. The Bertz CT molecular complexity index is 572. The van der Waals surface area contributed by atoms with Crippen molar-refractivity contribution in [3.05, 3.63) is 54.1 Å². The van der Waals surface area contributed by atoms with Gasteiger partial charge < -0.3 is 11.1 Å². The van der Waals surface area contributed by atoms with Gasteiger partial charge in [0.15, 0.2) is 0 Å². The van der Waals surface area contributed by atoms with Crippen LogP contribution in [0.15, 0.2) is 48.5 Å². The summed E-state index contributed by atoms with van der Waals surface area (Å²) in [6, 6.07) is 17.7. The average molecular weight is 310 g/mol. The lowest BCUT2D eigenvalue weighted by Crippen LogP contribution is -2.35. The quantitative estimate of drug-likeness (QED) is 0.712. The Kier molecular flexibility index (Phi) is 6.66. The third-order valence-electron chi connectivity index (χ3n) is 4.63. The second-order valence-electron chi connectivity index (χ2n) is 6.45. The van der Waals surface area contributed by atoms with E-state index in [1.54, 1.807) is 0 Å². The molecule has 2 rings (SSSR count). The summed E-state index contributed by atoms with van der Waals surface area (Å²) in [4.78, 5) is 0. The number of hydrogen-bond acceptors (Lipinski definition) is 2. The van der Waals surface area contributed by atoms with Gasteiger partial charge in [0, 0.05) is 18.3 Å². The van der Waals surface area contributed by atoms with Crippen LogP contribution in [0.2, 0.25) is 0 Å². The molecule has 23 heavy (non-hydrogen) atoms. The van der Waals surface area contributed by atoms with Crippen molar-refractivity contribution in [2.45, 2.75) is 46.1 Å². The summed E-state index contributed by atoms with van der Waals surface area (Å²) >= 11 is 0. The molecule has 2 nitrogen and oxygen atoms in total. The van der Waals surface area contributed by atoms with E-state index in [0.29, 0.717) is 5.92 Å². The third kappa shape index (κ3) is 5.11. The van der Waals surface area contributed by atoms with Crippen molar-refractivity contribution in [3.8, 4) is 11.1 Å². The molecule has 0 radical (unpaired) electrons. The molecule has 2 atom stereocenters. The largest absolute Gasteiger partial charge is 0.383 e. The summed E-state index contributed by atoms with van der Waals surface area (Å²) in [5.41, 5.74) is 11.2. The number of nitrogens with one attached hydrogen (secondary N) is 1. The van der Waals surface area contributed by atoms with E-state index in [-0.39, 0.29) is 6.04 Å². The van der Waals surface area contributed by atoms with Gasteiger partial charge in [0.1, 0.15) is 0 Å². The fourth-order valence-electron chi connectivity index (χ4n) is 2.67. The minimum atomic E-state index is 0.200. The topological polar surface area (TPSA) is 38.0 Å².